The predicted octanol–water partition coefficient (Wildman–Crippen LogP) is 3.71. The summed E-state index contributed by atoms with van der Waals surface area (Å²) >= 11 is 0. The van der Waals surface area contributed by atoms with Crippen LogP contribution in [0, 0.1) is 17.5 Å². The lowest BCUT2D eigenvalue weighted by Gasteiger charge is -2.36. The molecule has 1 heterocycles. The molecule has 0 amide bonds. The van der Waals surface area contributed by atoms with E-state index in [0.717, 1.165) is 18.8 Å². The highest BCUT2D eigenvalue weighted by Crippen LogP contribution is 2.45. The van der Waals surface area contributed by atoms with Crippen molar-refractivity contribution in [3.63, 3.8) is 0 Å². The lowest BCUT2D eigenvalue weighted by atomic mass is 10.1. The van der Waals surface area contributed by atoms with Gasteiger partial charge in [0.15, 0.2) is 5.96 Å². The number of guanidine groups is 1. The lowest BCUT2D eigenvalue weighted by molar-refractivity contribution is 0.380. The minimum atomic E-state index is -0.524. The molecule has 0 spiro atoms. The number of halogens is 4. The minimum absolute atomic E-state index is 0. The molecule has 0 radical (unpaired) electrons. The SMILES string of the molecule is I.NC(=NC1CC1c1c(F)cccc1F)N1CCN(c2ccc(F)cc2)CC1. The van der Waals surface area contributed by atoms with Gasteiger partial charge < -0.3 is 15.5 Å². The molecule has 1 saturated carbocycles. The fraction of sp³-hybridized carbons (Fsp3) is 0.350. The molecule has 28 heavy (non-hydrogen) atoms. The first-order valence-corrected chi connectivity index (χ1v) is 9.05. The topological polar surface area (TPSA) is 44.9 Å². The molecule has 150 valence electrons. The van der Waals surface area contributed by atoms with Crippen LogP contribution in [0.3, 0.4) is 0 Å². The highest BCUT2D eigenvalue weighted by atomic mass is 127. The largest absolute Gasteiger partial charge is 0.370 e. The van der Waals surface area contributed by atoms with Crippen molar-refractivity contribution in [1.82, 2.24) is 4.90 Å². The Morgan fingerprint density at radius 2 is 1.54 bits per heavy atom. The van der Waals surface area contributed by atoms with Crippen LogP contribution in [-0.2, 0) is 0 Å². The number of piperazine rings is 1. The Labute approximate surface area is 179 Å². The molecule has 0 aromatic heterocycles. The summed E-state index contributed by atoms with van der Waals surface area (Å²) in [6.07, 6.45) is 0.605. The summed E-state index contributed by atoms with van der Waals surface area (Å²) in [5, 5.41) is 0. The van der Waals surface area contributed by atoms with Crippen molar-refractivity contribution in [2.45, 2.75) is 18.4 Å². The monoisotopic (exact) mass is 502 g/mol. The van der Waals surface area contributed by atoms with Gasteiger partial charge in [-0.15, -0.1) is 24.0 Å². The Bertz CT molecular complexity index is 831. The van der Waals surface area contributed by atoms with Gasteiger partial charge in [0.2, 0.25) is 0 Å². The van der Waals surface area contributed by atoms with E-state index in [2.05, 4.69) is 9.89 Å². The molecule has 8 heteroatoms. The summed E-state index contributed by atoms with van der Waals surface area (Å²) in [5.74, 6) is -1.13. The Balaban J connectivity index is 0.00000225. The van der Waals surface area contributed by atoms with E-state index < -0.39 is 11.6 Å². The number of rotatable bonds is 3. The third-order valence-electron chi connectivity index (χ3n) is 5.22. The summed E-state index contributed by atoms with van der Waals surface area (Å²) in [6.45, 7) is 2.88. The van der Waals surface area contributed by atoms with Gasteiger partial charge in [0.25, 0.3) is 0 Å². The number of nitrogens with two attached hydrogens (primary N) is 1. The van der Waals surface area contributed by atoms with E-state index in [1.165, 1.54) is 30.3 Å². The zero-order valence-corrected chi connectivity index (χ0v) is 17.5. The van der Waals surface area contributed by atoms with Crippen LogP contribution in [0.1, 0.15) is 17.9 Å². The molecular weight excluding hydrogens is 480 g/mol. The third kappa shape index (κ3) is 4.37. The van der Waals surface area contributed by atoms with Crippen molar-refractivity contribution < 1.29 is 13.2 Å². The maximum atomic E-state index is 13.9. The standard InChI is InChI=1S/C20H21F3N4.HI/c21-13-4-6-14(7-5-13)26-8-10-27(11-9-26)20(24)25-18-12-15(18)19-16(22)2-1-3-17(19)23;/h1-7,15,18H,8-12H2,(H2,24,25);1H. The van der Waals surface area contributed by atoms with Gasteiger partial charge in [0.1, 0.15) is 17.5 Å². The number of anilines is 1. The Morgan fingerprint density at radius 1 is 0.929 bits per heavy atom. The molecule has 4 rings (SSSR count). The molecule has 1 aliphatic carbocycles. The van der Waals surface area contributed by atoms with E-state index in [1.807, 2.05) is 4.90 Å². The van der Waals surface area contributed by atoms with Crippen LogP contribution in [0.2, 0.25) is 0 Å². The van der Waals surface area contributed by atoms with E-state index >= 15 is 0 Å². The average Bonchev–Trinajstić information content (AvgIpc) is 3.41. The van der Waals surface area contributed by atoms with E-state index in [1.54, 1.807) is 12.1 Å². The van der Waals surface area contributed by atoms with Gasteiger partial charge in [-0.1, -0.05) is 6.07 Å². The molecule has 2 aromatic rings. The molecule has 1 saturated heterocycles. The fourth-order valence-electron chi connectivity index (χ4n) is 3.60. The maximum Gasteiger partial charge on any atom is 0.191 e. The van der Waals surface area contributed by atoms with Gasteiger partial charge in [-0.05, 0) is 42.8 Å². The zero-order valence-electron chi connectivity index (χ0n) is 15.2. The van der Waals surface area contributed by atoms with Gasteiger partial charge in [-0.25, -0.2) is 18.2 Å². The smallest absolute Gasteiger partial charge is 0.191 e. The molecule has 2 N–H and O–H groups in total. The average molecular weight is 502 g/mol. The third-order valence-corrected chi connectivity index (χ3v) is 5.22. The lowest BCUT2D eigenvalue weighted by Crippen LogP contribution is -2.51. The van der Waals surface area contributed by atoms with Crippen LogP contribution in [0.5, 0.6) is 0 Å². The number of aliphatic imine (C=N–C) groups is 1. The fourth-order valence-corrected chi connectivity index (χ4v) is 3.60. The minimum Gasteiger partial charge on any atom is -0.370 e. The summed E-state index contributed by atoms with van der Waals surface area (Å²) < 4.78 is 40.8. The zero-order chi connectivity index (χ0) is 19.0. The van der Waals surface area contributed by atoms with Gasteiger partial charge in [0, 0.05) is 43.3 Å². The Morgan fingerprint density at radius 3 is 2.14 bits per heavy atom. The molecule has 1 aliphatic heterocycles. The van der Waals surface area contributed by atoms with E-state index in [4.69, 9.17) is 5.73 Å². The highest BCUT2D eigenvalue weighted by Gasteiger charge is 2.42. The molecule has 0 bridgehead atoms. The quantitative estimate of drug-likeness (QED) is 0.396. The van der Waals surface area contributed by atoms with Crippen molar-refractivity contribution in [1.29, 1.82) is 0 Å². The molecule has 2 aliphatic rings. The first-order chi connectivity index (χ1) is 13.0. The van der Waals surface area contributed by atoms with Crippen molar-refractivity contribution in [3.8, 4) is 0 Å². The van der Waals surface area contributed by atoms with Crippen molar-refractivity contribution in [2.75, 3.05) is 31.1 Å². The van der Waals surface area contributed by atoms with Crippen LogP contribution >= 0.6 is 24.0 Å². The molecular formula is C20H22F3IN4. The van der Waals surface area contributed by atoms with Crippen LogP contribution in [0.15, 0.2) is 47.5 Å². The van der Waals surface area contributed by atoms with Gasteiger partial charge in [0.05, 0.1) is 6.04 Å². The van der Waals surface area contributed by atoms with Gasteiger partial charge in [-0.3, -0.25) is 0 Å². The van der Waals surface area contributed by atoms with Crippen LogP contribution in [-0.4, -0.2) is 43.1 Å². The maximum absolute atomic E-state index is 13.9. The first kappa shape index (κ1) is 20.8. The number of hydrogen-bond donors (Lipinski definition) is 1. The second kappa shape index (κ2) is 8.59. The van der Waals surface area contributed by atoms with Crippen LogP contribution in [0.25, 0.3) is 0 Å². The Kier molecular flexibility index (Phi) is 6.36. The normalized spacial score (nSPS) is 22.0. The van der Waals surface area contributed by atoms with Crippen molar-refractivity contribution in [2.24, 2.45) is 10.7 Å². The number of nitrogens with zero attached hydrogens (tertiary/aromatic N) is 3. The number of benzene rings is 2. The molecule has 2 atom stereocenters. The highest BCUT2D eigenvalue weighted by molar-refractivity contribution is 14.0. The van der Waals surface area contributed by atoms with E-state index in [0.29, 0.717) is 25.5 Å². The number of hydrogen-bond acceptors (Lipinski definition) is 2. The summed E-state index contributed by atoms with van der Waals surface area (Å²) in [5.41, 5.74) is 7.22. The summed E-state index contributed by atoms with van der Waals surface area (Å²) in [7, 11) is 0. The predicted molar refractivity (Wildman–Crippen MR) is 115 cm³/mol. The summed E-state index contributed by atoms with van der Waals surface area (Å²) in [6, 6.07) is 10.2. The second-order valence-electron chi connectivity index (χ2n) is 6.98. The van der Waals surface area contributed by atoms with Crippen LogP contribution < -0.4 is 10.6 Å². The van der Waals surface area contributed by atoms with E-state index in [9.17, 15) is 13.2 Å². The van der Waals surface area contributed by atoms with Crippen molar-refractivity contribution in [3.05, 3.63) is 65.5 Å². The Hall–Kier alpha value is -1.97. The summed E-state index contributed by atoms with van der Waals surface area (Å²) in [4.78, 5) is 8.62. The molecule has 2 unspecified atom stereocenters. The molecule has 4 nitrogen and oxygen atoms in total. The second-order valence-corrected chi connectivity index (χ2v) is 6.98. The van der Waals surface area contributed by atoms with Crippen LogP contribution in [0.4, 0.5) is 18.9 Å². The molecule has 2 fully saturated rings. The first-order valence-electron chi connectivity index (χ1n) is 9.05. The van der Waals surface area contributed by atoms with Gasteiger partial charge in [-0.2, -0.15) is 0 Å². The molecule has 2 aromatic carbocycles. The van der Waals surface area contributed by atoms with Gasteiger partial charge >= 0.3 is 0 Å². The van der Waals surface area contributed by atoms with Crippen molar-refractivity contribution >= 4 is 35.6 Å². The van der Waals surface area contributed by atoms with E-state index in [-0.39, 0.29) is 47.3 Å².